The van der Waals surface area contributed by atoms with Crippen LogP contribution in [0, 0.1) is 0 Å². The molecule has 6 heteroatoms. The topological polar surface area (TPSA) is 68.2 Å². The second kappa shape index (κ2) is 11.2. The molecule has 0 N–H and O–H groups in total. The van der Waals surface area contributed by atoms with Gasteiger partial charge in [0.05, 0.1) is 31.7 Å². The predicted octanol–water partition coefficient (Wildman–Crippen LogP) is 3.51. The van der Waals surface area contributed by atoms with Gasteiger partial charge in [0.15, 0.2) is 0 Å². The van der Waals surface area contributed by atoms with Gasteiger partial charge >= 0.3 is 11.9 Å². The lowest BCUT2D eigenvalue weighted by Crippen LogP contribution is -2.21. The summed E-state index contributed by atoms with van der Waals surface area (Å²) in [4.78, 5) is 30.2. The molecule has 0 fully saturated rings. The fourth-order valence-electron chi connectivity index (χ4n) is 2.41. The van der Waals surface area contributed by atoms with Crippen molar-refractivity contribution in [2.45, 2.75) is 40.5 Å². The van der Waals surface area contributed by atoms with Crippen LogP contribution in [0.25, 0.3) is 0 Å². The van der Waals surface area contributed by atoms with Crippen molar-refractivity contribution < 1.29 is 19.1 Å². The third kappa shape index (κ3) is 7.37. The molecule has 25 heavy (non-hydrogen) atoms. The Kier molecular flexibility index (Phi) is 9.29. The van der Waals surface area contributed by atoms with Crippen molar-refractivity contribution in [2.24, 2.45) is 4.99 Å². The van der Waals surface area contributed by atoms with Crippen LogP contribution >= 0.6 is 0 Å². The van der Waals surface area contributed by atoms with Crippen molar-refractivity contribution in [1.29, 1.82) is 0 Å². The van der Waals surface area contributed by atoms with Gasteiger partial charge in [-0.15, -0.1) is 0 Å². The Labute approximate surface area is 149 Å². The van der Waals surface area contributed by atoms with Crippen LogP contribution in [0.3, 0.4) is 0 Å². The molecule has 138 valence electrons. The van der Waals surface area contributed by atoms with E-state index >= 15 is 0 Å². The van der Waals surface area contributed by atoms with Crippen molar-refractivity contribution in [2.75, 3.05) is 31.2 Å². The monoisotopic (exact) mass is 348 g/mol. The number of rotatable bonds is 10. The molecule has 1 rings (SSSR count). The second-order valence-corrected chi connectivity index (χ2v) is 5.33. The SMILES string of the molecule is CCOC(=O)CC(CC(=O)OCC)=Nc1ccc(N(CC)CC)cc1. The molecule has 6 nitrogen and oxygen atoms in total. The van der Waals surface area contributed by atoms with E-state index in [1.807, 2.05) is 24.3 Å². The Morgan fingerprint density at radius 1 is 0.880 bits per heavy atom. The summed E-state index contributed by atoms with van der Waals surface area (Å²) in [5, 5.41) is 0. The lowest BCUT2D eigenvalue weighted by Gasteiger charge is -2.20. The summed E-state index contributed by atoms with van der Waals surface area (Å²) in [6.45, 7) is 10.1. The summed E-state index contributed by atoms with van der Waals surface area (Å²) < 4.78 is 9.91. The number of anilines is 1. The van der Waals surface area contributed by atoms with Gasteiger partial charge in [0.2, 0.25) is 0 Å². The smallest absolute Gasteiger partial charge is 0.311 e. The number of benzene rings is 1. The molecule has 0 spiro atoms. The molecule has 0 aromatic heterocycles. The average Bonchev–Trinajstić information content (AvgIpc) is 2.57. The zero-order valence-corrected chi connectivity index (χ0v) is 15.6. The summed E-state index contributed by atoms with van der Waals surface area (Å²) in [5.41, 5.74) is 2.24. The van der Waals surface area contributed by atoms with Gasteiger partial charge in [-0.05, 0) is 52.0 Å². The van der Waals surface area contributed by atoms with E-state index in [1.165, 1.54) is 0 Å². The molecule has 0 unspecified atom stereocenters. The van der Waals surface area contributed by atoms with Crippen molar-refractivity contribution in [1.82, 2.24) is 0 Å². The van der Waals surface area contributed by atoms with Crippen LogP contribution in [0.1, 0.15) is 40.5 Å². The van der Waals surface area contributed by atoms with Crippen LogP contribution in [-0.4, -0.2) is 44.0 Å². The van der Waals surface area contributed by atoms with Crippen LogP contribution in [0.4, 0.5) is 11.4 Å². The molecule has 0 atom stereocenters. The molecule has 0 bridgehead atoms. The van der Waals surface area contributed by atoms with E-state index in [0.29, 0.717) is 24.6 Å². The van der Waals surface area contributed by atoms with Gasteiger partial charge in [-0.25, -0.2) is 0 Å². The van der Waals surface area contributed by atoms with Crippen molar-refractivity contribution in [3.63, 3.8) is 0 Å². The van der Waals surface area contributed by atoms with E-state index in [1.54, 1.807) is 13.8 Å². The molecular formula is C19H28N2O4. The van der Waals surface area contributed by atoms with Gasteiger partial charge in [0.1, 0.15) is 0 Å². The number of esters is 2. The zero-order chi connectivity index (χ0) is 18.7. The summed E-state index contributed by atoms with van der Waals surface area (Å²) in [7, 11) is 0. The van der Waals surface area contributed by atoms with Gasteiger partial charge in [-0.2, -0.15) is 0 Å². The molecular weight excluding hydrogens is 320 g/mol. The summed E-state index contributed by atoms with van der Waals surface area (Å²) in [5.74, 6) is -0.796. The molecule has 0 amide bonds. The Morgan fingerprint density at radius 2 is 1.36 bits per heavy atom. The van der Waals surface area contributed by atoms with E-state index in [4.69, 9.17) is 9.47 Å². The van der Waals surface area contributed by atoms with Crippen LogP contribution in [0.5, 0.6) is 0 Å². The normalized spacial score (nSPS) is 10.1. The first-order valence-electron chi connectivity index (χ1n) is 8.76. The van der Waals surface area contributed by atoms with Crippen LogP contribution in [0.15, 0.2) is 29.3 Å². The fraction of sp³-hybridized carbons (Fsp3) is 0.526. The molecule has 0 radical (unpaired) electrons. The Bertz CT molecular complexity index is 556. The van der Waals surface area contributed by atoms with Gasteiger partial charge in [-0.3, -0.25) is 14.6 Å². The standard InChI is InChI=1S/C19H28N2O4/c1-5-21(6-2)17-11-9-15(10-12-17)20-16(13-18(22)24-7-3)14-19(23)25-8-4/h9-12H,5-8,13-14H2,1-4H3. The molecule has 1 aromatic rings. The highest BCUT2D eigenvalue weighted by atomic mass is 16.5. The molecule has 1 aromatic carbocycles. The first kappa shape index (κ1) is 20.7. The van der Waals surface area contributed by atoms with Gasteiger partial charge in [0, 0.05) is 24.5 Å². The number of carbonyl (C=O) groups is 2. The number of hydrogen-bond donors (Lipinski definition) is 0. The fourth-order valence-corrected chi connectivity index (χ4v) is 2.41. The first-order chi connectivity index (χ1) is 12.0. The predicted molar refractivity (Wildman–Crippen MR) is 99.6 cm³/mol. The number of nitrogens with zero attached hydrogens (tertiary/aromatic N) is 2. The molecule has 0 saturated heterocycles. The van der Waals surface area contributed by atoms with Crippen LogP contribution in [0.2, 0.25) is 0 Å². The highest BCUT2D eigenvalue weighted by Crippen LogP contribution is 2.20. The third-order valence-corrected chi connectivity index (χ3v) is 3.57. The number of carbonyl (C=O) groups excluding carboxylic acids is 2. The third-order valence-electron chi connectivity index (χ3n) is 3.57. The Hall–Kier alpha value is -2.37. The Balaban J connectivity index is 2.94. The molecule has 0 aliphatic carbocycles. The van der Waals surface area contributed by atoms with Crippen LogP contribution < -0.4 is 4.90 Å². The molecule has 0 aliphatic heterocycles. The zero-order valence-electron chi connectivity index (χ0n) is 15.6. The van der Waals surface area contributed by atoms with E-state index in [2.05, 4.69) is 23.7 Å². The van der Waals surface area contributed by atoms with Crippen LogP contribution in [-0.2, 0) is 19.1 Å². The number of ether oxygens (including phenoxy) is 2. The van der Waals surface area contributed by atoms with E-state index in [9.17, 15) is 9.59 Å². The second-order valence-electron chi connectivity index (χ2n) is 5.33. The highest BCUT2D eigenvalue weighted by molar-refractivity contribution is 6.07. The first-order valence-corrected chi connectivity index (χ1v) is 8.76. The van der Waals surface area contributed by atoms with E-state index in [0.717, 1.165) is 18.8 Å². The largest absolute Gasteiger partial charge is 0.466 e. The van der Waals surface area contributed by atoms with Crippen molar-refractivity contribution in [3.8, 4) is 0 Å². The average molecular weight is 348 g/mol. The quantitative estimate of drug-likeness (QED) is 0.478. The summed E-state index contributed by atoms with van der Waals surface area (Å²) in [6, 6.07) is 7.73. The molecule has 0 aliphatic rings. The minimum Gasteiger partial charge on any atom is -0.466 e. The Morgan fingerprint density at radius 3 is 1.76 bits per heavy atom. The number of aliphatic imine (C=N–C) groups is 1. The lowest BCUT2D eigenvalue weighted by atomic mass is 10.2. The van der Waals surface area contributed by atoms with Crippen molar-refractivity contribution >= 4 is 29.0 Å². The summed E-state index contributed by atoms with van der Waals surface area (Å²) >= 11 is 0. The number of hydrogen-bond acceptors (Lipinski definition) is 6. The highest BCUT2D eigenvalue weighted by Gasteiger charge is 2.14. The van der Waals surface area contributed by atoms with Gasteiger partial charge < -0.3 is 14.4 Å². The maximum Gasteiger partial charge on any atom is 0.311 e. The summed E-state index contributed by atoms with van der Waals surface area (Å²) in [6.07, 6.45) is -0.0467. The maximum absolute atomic E-state index is 11.7. The minimum absolute atomic E-state index is 0.0234. The maximum atomic E-state index is 11.7. The molecule has 0 heterocycles. The molecule has 0 saturated carbocycles. The van der Waals surface area contributed by atoms with Crippen molar-refractivity contribution in [3.05, 3.63) is 24.3 Å². The van der Waals surface area contributed by atoms with Gasteiger partial charge in [0.25, 0.3) is 0 Å². The van der Waals surface area contributed by atoms with E-state index in [-0.39, 0.29) is 12.8 Å². The minimum atomic E-state index is -0.398. The van der Waals surface area contributed by atoms with E-state index < -0.39 is 11.9 Å². The van der Waals surface area contributed by atoms with Gasteiger partial charge in [-0.1, -0.05) is 0 Å². The lowest BCUT2D eigenvalue weighted by molar-refractivity contribution is -0.141.